The Bertz CT molecular complexity index is 350. The largest absolute Gasteiger partial charge is 0.304 e. The van der Waals surface area contributed by atoms with E-state index in [2.05, 4.69) is 0 Å². The molecule has 1 fully saturated rings. The van der Waals surface area contributed by atoms with E-state index in [-0.39, 0.29) is 5.41 Å². The summed E-state index contributed by atoms with van der Waals surface area (Å²) < 4.78 is 0. The highest BCUT2D eigenvalue weighted by molar-refractivity contribution is 6.35. The zero-order valence-corrected chi connectivity index (χ0v) is 9.11. The summed E-state index contributed by atoms with van der Waals surface area (Å²) in [7, 11) is 0. The molecule has 76 valence electrons. The van der Waals surface area contributed by atoms with Gasteiger partial charge in [0.1, 0.15) is 0 Å². The van der Waals surface area contributed by atoms with E-state index in [4.69, 9.17) is 33.9 Å². The summed E-state index contributed by atoms with van der Waals surface area (Å²) in [6.07, 6.45) is 2.15. The highest BCUT2D eigenvalue weighted by atomic mass is 35.5. The molecule has 1 aliphatic rings. The molecule has 0 spiro atoms. The van der Waals surface area contributed by atoms with Gasteiger partial charge in [-0.15, -0.1) is 0 Å². The second-order valence-electron chi connectivity index (χ2n) is 3.72. The van der Waals surface area contributed by atoms with Crippen LogP contribution in [0, 0.1) is 0 Å². The van der Waals surface area contributed by atoms with Gasteiger partial charge in [0.25, 0.3) is 0 Å². The molecule has 0 aliphatic heterocycles. The number of nitrogens with two attached hydrogens (primary N) is 1. The van der Waals surface area contributed by atoms with E-state index in [0.29, 0.717) is 16.7 Å². The topological polar surface area (TPSA) is 35.2 Å². The predicted molar refractivity (Wildman–Crippen MR) is 57.5 cm³/mol. The maximum Gasteiger partial charge on any atom is 0.0776 e. The first kappa shape index (κ1) is 10.2. The van der Waals surface area contributed by atoms with Crippen molar-refractivity contribution in [1.82, 2.24) is 0 Å². The van der Waals surface area contributed by atoms with Crippen LogP contribution < -0.4 is 5.90 Å². The number of rotatable bonds is 3. The summed E-state index contributed by atoms with van der Waals surface area (Å²) >= 11 is 11.9. The maximum absolute atomic E-state index is 6.11. The summed E-state index contributed by atoms with van der Waals surface area (Å²) in [6, 6.07) is 5.56. The van der Waals surface area contributed by atoms with Crippen LogP contribution in [0.2, 0.25) is 10.0 Å². The monoisotopic (exact) mass is 231 g/mol. The van der Waals surface area contributed by atoms with Crippen molar-refractivity contribution in [3.05, 3.63) is 33.8 Å². The zero-order valence-electron chi connectivity index (χ0n) is 7.59. The minimum Gasteiger partial charge on any atom is -0.304 e. The van der Waals surface area contributed by atoms with Gasteiger partial charge in [0.2, 0.25) is 0 Å². The molecule has 4 heteroatoms. The van der Waals surface area contributed by atoms with Crippen LogP contribution in [0.1, 0.15) is 18.4 Å². The quantitative estimate of drug-likeness (QED) is 0.813. The highest BCUT2D eigenvalue weighted by Gasteiger charge is 2.45. The van der Waals surface area contributed by atoms with E-state index in [0.717, 1.165) is 18.4 Å². The Morgan fingerprint density at radius 3 is 2.57 bits per heavy atom. The van der Waals surface area contributed by atoms with Gasteiger partial charge < -0.3 is 4.84 Å². The van der Waals surface area contributed by atoms with Crippen LogP contribution in [0.3, 0.4) is 0 Å². The molecule has 2 nitrogen and oxygen atoms in total. The third-order valence-electron chi connectivity index (χ3n) is 2.72. The lowest BCUT2D eigenvalue weighted by Crippen LogP contribution is -2.18. The fourth-order valence-corrected chi connectivity index (χ4v) is 2.33. The molecule has 0 amide bonds. The first-order valence-electron chi connectivity index (χ1n) is 4.45. The number of benzene rings is 1. The maximum atomic E-state index is 6.11. The zero-order chi connectivity index (χ0) is 10.2. The molecule has 1 aliphatic carbocycles. The first-order valence-corrected chi connectivity index (χ1v) is 5.21. The lowest BCUT2D eigenvalue weighted by atomic mass is 9.97. The van der Waals surface area contributed by atoms with Gasteiger partial charge in [-0.2, -0.15) is 0 Å². The van der Waals surface area contributed by atoms with E-state index < -0.39 is 0 Å². The molecule has 0 heterocycles. The number of halogens is 2. The van der Waals surface area contributed by atoms with Crippen LogP contribution in [-0.2, 0) is 10.3 Å². The fourth-order valence-electron chi connectivity index (χ4n) is 1.72. The van der Waals surface area contributed by atoms with Crippen molar-refractivity contribution in [3.8, 4) is 0 Å². The molecule has 0 bridgehead atoms. The molecule has 2 rings (SSSR count). The minimum absolute atomic E-state index is 0.0381. The Morgan fingerprint density at radius 2 is 2.07 bits per heavy atom. The second kappa shape index (κ2) is 3.70. The molecular formula is C10H11Cl2NO. The molecule has 14 heavy (non-hydrogen) atoms. The van der Waals surface area contributed by atoms with Gasteiger partial charge in [-0.25, -0.2) is 5.90 Å². The molecular weight excluding hydrogens is 221 g/mol. The van der Waals surface area contributed by atoms with Crippen LogP contribution in [0.15, 0.2) is 18.2 Å². The average molecular weight is 232 g/mol. The Morgan fingerprint density at radius 1 is 1.36 bits per heavy atom. The number of hydrogen-bond acceptors (Lipinski definition) is 2. The van der Waals surface area contributed by atoms with Gasteiger partial charge in [-0.3, -0.25) is 0 Å². The van der Waals surface area contributed by atoms with Crippen molar-refractivity contribution in [2.75, 3.05) is 6.61 Å². The van der Waals surface area contributed by atoms with E-state index >= 15 is 0 Å². The third-order valence-corrected chi connectivity index (χ3v) is 3.26. The fraction of sp³-hybridized carbons (Fsp3) is 0.400. The van der Waals surface area contributed by atoms with Gasteiger partial charge in [-0.1, -0.05) is 29.3 Å². The summed E-state index contributed by atoms with van der Waals surface area (Å²) in [4.78, 5) is 4.72. The number of hydrogen-bond donors (Lipinski definition) is 1. The molecule has 2 N–H and O–H groups in total. The van der Waals surface area contributed by atoms with Crippen LogP contribution in [0.25, 0.3) is 0 Å². The van der Waals surface area contributed by atoms with Gasteiger partial charge in [-0.05, 0) is 30.5 Å². The van der Waals surface area contributed by atoms with Crippen molar-refractivity contribution in [1.29, 1.82) is 0 Å². The molecule has 1 aromatic rings. The summed E-state index contributed by atoms with van der Waals surface area (Å²) in [5, 5.41) is 1.36. The van der Waals surface area contributed by atoms with Gasteiger partial charge in [0.15, 0.2) is 0 Å². The summed E-state index contributed by atoms with van der Waals surface area (Å²) in [5.41, 5.74) is 1.13. The second-order valence-corrected chi connectivity index (χ2v) is 4.56. The molecule has 1 aromatic carbocycles. The SMILES string of the molecule is NOCC1(c2ccc(Cl)cc2Cl)CC1. The molecule has 1 saturated carbocycles. The lowest BCUT2D eigenvalue weighted by Gasteiger charge is -2.15. The Kier molecular flexibility index (Phi) is 2.71. The molecule has 0 saturated heterocycles. The van der Waals surface area contributed by atoms with Crippen molar-refractivity contribution in [2.45, 2.75) is 18.3 Å². The van der Waals surface area contributed by atoms with Crippen LogP contribution >= 0.6 is 23.2 Å². The van der Waals surface area contributed by atoms with E-state index in [1.165, 1.54) is 0 Å². The Hall–Kier alpha value is -0.280. The standard InChI is InChI=1S/C10H11Cl2NO/c11-7-1-2-8(9(12)5-7)10(3-4-10)6-14-13/h1-2,5H,3-4,6,13H2. The smallest absolute Gasteiger partial charge is 0.0776 e. The van der Waals surface area contributed by atoms with Gasteiger partial charge >= 0.3 is 0 Å². The van der Waals surface area contributed by atoms with Crippen LogP contribution in [0.5, 0.6) is 0 Å². The third kappa shape index (κ3) is 1.75. The van der Waals surface area contributed by atoms with E-state index in [1.807, 2.05) is 12.1 Å². The lowest BCUT2D eigenvalue weighted by molar-refractivity contribution is 0.116. The van der Waals surface area contributed by atoms with Crippen molar-refractivity contribution in [2.24, 2.45) is 5.90 Å². The molecule has 0 atom stereocenters. The Labute approximate surface area is 92.9 Å². The van der Waals surface area contributed by atoms with Gasteiger partial charge in [0, 0.05) is 15.5 Å². The van der Waals surface area contributed by atoms with Crippen molar-refractivity contribution in [3.63, 3.8) is 0 Å². The average Bonchev–Trinajstić information content (AvgIpc) is 2.86. The van der Waals surface area contributed by atoms with Crippen LogP contribution in [-0.4, -0.2) is 6.61 Å². The van der Waals surface area contributed by atoms with E-state index in [9.17, 15) is 0 Å². The van der Waals surface area contributed by atoms with Gasteiger partial charge in [0.05, 0.1) is 6.61 Å². The highest BCUT2D eigenvalue weighted by Crippen LogP contribution is 2.50. The van der Waals surface area contributed by atoms with Crippen LogP contribution in [0.4, 0.5) is 0 Å². The normalized spacial score (nSPS) is 18.2. The Balaban J connectivity index is 2.32. The predicted octanol–water partition coefficient (Wildman–Crippen LogP) is 2.92. The van der Waals surface area contributed by atoms with Crippen molar-refractivity contribution < 1.29 is 4.84 Å². The van der Waals surface area contributed by atoms with E-state index in [1.54, 1.807) is 6.07 Å². The molecule has 0 aromatic heterocycles. The minimum atomic E-state index is 0.0381. The molecule has 0 radical (unpaired) electrons. The molecule has 0 unspecified atom stereocenters. The summed E-state index contributed by atoms with van der Waals surface area (Å²) in [5.74, 6) is 5.10. The van der Waals surface area contributed by atoms with Crippen molar-refractivity contribution >= 4 is 23.2 Å². The first-order chi connectivity index (χ1) is 6.68. The summed E-state index contributed by atoms with van der Waals surface area (Å²) in [6.45, 7) is 0.522.